The maximum absolute atomic E-state index is 14.5. The molecule has 4 aromatic rings. The van der Waals surface area contributed by atoms with Crippen molar-refractivity contribution < 1.29 is 19.2 Å². The van der Waals surface area contributed by atoms with Crippen molar-refractivity contribution in [3.05, 3.63) is 141 Å². The number of rotatable bonds is 5. The molecule has 0 N–H and O–H groups in total. The van der Waals surface area contributed by atoms with E-state index >= 15 is 0 Å². The Labute approximate surface area is 248 Å². The maximum atomic E-state index is 14.5. The van der Waals surface area contributed by atoms with Gasteiger partial charge in [0.25, 0.3) is 17.7 Å². The number of imide groups is 1. The van der Waals surface area contributed by atoms with E-state index < -0.39 is 35.6 Å². The Morgan fingerprint density at radius 1 is 0.690 bits per heavy atom. The Morgan fingerprint density at radius 2 is 1.12 bits per heavy atom. The number of hydrogen-bond donors (Lipinski definition) is 0. The summed E-state index contributed by atoms with van der Waals surface area (Å²) in [6, 6.07) is 28.0. The van der Waals surface area contributed by atoms with Crippen LogP contribution in [0.15, 0.2) is 97.1 Å². The topological polar surface area (TPSA) is 74.8 Å². The predicted molar refractivity (Wildman–Crippen MR) is 158 cm³/mol. The molecule has 4 aromatic carbocycles. The van der Waals surface area contributed by atoms with E-state index in [-0.39, 0.29) is 23.2 Å². The Bertz CT molecular complexity index is 1670. The number of nitrogens with zero attached hydrogens (tertiary/aromatic N) is 2. The Morgan fingerprint density at radius 3 is 1.57 bits per heavy atom. The third-order valence-corrected chi connectivity index (χ3v) is 9.27. The van der Waals surface area contributed by atoms with Crippen molar-refractivity contribution in [2.45, 2.75) is 31.7 Å². The van der Waals surface area contributed by atoms with Crippen LogP contribution in [-0.4, -0.2) is 39.6 Å². The molecule has 4 aliphatic rings. The van der Waals surface area contributed by atoms with E-state index in [0.29, 0.717) is 10.6 Å². The van der Waals surface area contributed by atoms with Gasteiger partial charge in [-0.05, 0) is 60.4 Å². The number of ketones is 1. The third-order valence-electron chi connectivity index (χ3n) is 9.02. The van der Waals surface area contributed by atoms with E-state index in [9.17, 15) is 19.2 Å². The molecular weight excluding hydrogens is 548 g/mol. The zero-order valence-electron chi connectivity index (χ0n) is 23.0. The number of hydrazine groups is 1. The summed E-state index contributed by atoms with van der Waals surface area (Å²) in [6.07, 6.45) is 0. The van der Waals surface area contributed by atoms with Crippen molar-refractivity contribution in [3.63, 3.8) is 0 Å². The van der Waals surface area contributed by atoms with Gasteiger partial charge in [-0.25, -0.2) is 5.01 Å². The molecule has 42 heavy (non-hydrogen) atoms. The lowest BCUT2D eigenvalue weighted by Gasteiger charge is -2.45. The van der Waals surface area contributed by atoms with Crippen LogP contribution in [0.3, 0.4) is 0 Å². The number of benzene rings is 4. The molecule has 0 saturated carbocycles. The van der Waals surface area contributed by atoms with Crippen LogP contribution in [0.5, 0.6) is 0 Å². The molecule has 0 radical (unpaired) electrons. The van der Waals surface area contributed by atoms with Crippen molar-refractivity contribution >= 4 is 35.1 Å². The van der Waals surface area contributed by atoms with Crippen LogP contribution in [0.4, 0.5) is 0 Å². The first-order valence-electron chi connectivity index (χ1n) is 14.0. The molecule has 1 saturated heterocycles. The van der Waals surface area contributed by atoms with Crippen molar-refractivity contribution in [2.24, 2.45) is 11.8 Å². The van der Waals surface area contributed by atoms with Crippen LogP contribution in [0.25, 0.3) is 0 Å². The Kier molecular flexibility index (Phi) is 6.13. The molecule has 2 bridgehead atoms. The SMILES string of the molecule is Cc1ccc(C(=O)[C@H](C)N(C(=O)c2ccc(Cl)cc2)N2C(=O)[C@@H]3C4c5ccccc5C(c5ccccc54)[C@@H]3C2=O)cc1. The Balaban J connectivity index is 1.35. The van der Waals surface area contributed by atoms with Gasteiger partial charge >= 0.3 is 0 Å². The average Bonchev–Trinajstić information content (AvgIpc) is 3.27. The van der Waals surface area contributed by atoms with Gasteiger partial charge in [0.05, 0.1) is 11.8 Å². The van der Waals surface area contributed by atoms with Crippen molar-refractivity contribution in [2.75, 3.05) is 0 Å². The number of halogens is 1. The molecule has 1 heterocycles. The molecule has 7 heteroatoms. The fraction of sp³-hybridized carbons (Fsp3) is 0.200. The van der Waals surface area contributed by atoms with Gasteiger partial charge in [-0.3, -0.25) is 19.2 Å². The van der Waals surface area contributed by atoms with E-state index in [1.165, 1.54) is 12.1 Å². The van der Waals surface area contributed by atoms with Gasteiger partial charge in [0.2, 0.25) is 0 Å². The molecule has 1 fully saturated rings. The molecule has 0 unspecified atom stereocenters. The van der Waals surface area contributed by atoms with Gasteiger partial charge in [-0.15, -0.1) is 0 Å². The average molecular weight is 575 g/mol. The van der Waals surface area contributed by atoms with E-state index in [1.54, 1.807) is 31.2 Å². The second-order valence-corrected chi connectivity index (χ2v) is 11.8. The van der Waals surface area contributed by atoms with Crippen LogP contribution in [0.2, 0.25) is 5.02 Å². The highest BCUT2D eigenvalue weighted by Gasteiger charge is 2.63. The minimum atomic E-state index is -1.13. The molecule has 3 atom stereocenters. The minimum Gasteiger partial charge on any atom is -0.292 e. The number of Topliss-reactive ketones (excluding diaryl/α,β-unsaturated/α-hetero) is 1. The molecule has 8 rings (SSSR count). The first kappa shape index (κ1) is 26.4. The first-order chi connectivity index (χ1) is 20.3. The van der Waals surface area contributed by atoms with Gasteiger partial charge in [-0.2, -0.15) is 5.01 Å². The van der Waals surface area contributed by atoms with Crippen molar-refractivity contribution in [1.29, 1.82) is 0 Å². The highest BCUT2D eigenvalue weighted by molar-refractivity contribution is 6.30. The zero-order valence-corrected chi connectivity index (χ0v) is 23.8. The minimum absolute atomic E-state index is 0.216. The van der Waals surface area contributed by atoms with Gasteiger partial charge in [0, 0.05) is 28.0 Å². The van der Waals surface area contributed by atoms with Crippen LogP contribution >= 0.6 is 11.6 Å². The smallest absolute Gasteiger partial charge is 0.273 e. The van der Waals surface area contributed by atoms with E-state index in [1.807, 2.05) is 67.6 Å². The molecular formula is C35H27ClN2O4. The summed E-state index contributed by atoms with van der Waals surface area (Å²) in [5.74, 6) is -3.95. The summed E-state index contributed by atoms with van der Waals surface area (Å²) in [4.78, 5) is 56.9. The van der Waals surface area contributed by atoms with E-state index in [4.69, 9.17) is 11.6 Å². The quantitative estimate of drug-likeness (QED) is 0.211. The van der Waals surface area contributed by atoms with E-state index in [0.717, 1.165) is 37.8 Å². The predicted octanol–water partition coefficient (Wildman–Crippen LogP) is 6.17. The maximum Gasteiger partial charge on any atom is 0.273 e. The van der Waals surface area contributed by atoms with Crippen LogP contribution < -0.4 is 0 Å². The number of aryl methyl sites for hydroxylation is 1. The normalized spacial score (nSPS) is 22.3. The van der Waals surface area contributed by atoms with Crippen LogP contribution in [-0.2, 0) is 9.59 Å². The first-order valence-corrected chi connectivity index (χ1v) is 14.4. The number of carbonyl (C=O) groups is 4. The van der Waals surface area contributed by atoms with Gasteiger partial charge in [-0.1, -0.05) is 90.0 Å². The lowest BCUT2D eigenvalue weighted by molar-refractivity contribution is -0.156. The van der Waals surface area contributed by atoms with E-state index in [2.05, 4.69) is 0 Å². The highest BCUT2D eigenvalue weighted by atomic mass is 35.5. The van der Waals surface area contributed by atoms with Gasteiger partial charge in [0.1, 0.15) is 6.04 Å². The summed E-state index contributed by atoms with van der Waals surface area (Å²) >= 11 is 6.09. The molecule has 3 aliphatic carbocycles. The van der Waals surface area contributed by atoms with Crippen molar-refractivity contribution in [1.82, 2.24) is 10.0 Å². The molecule has 208 valence electrons. The summed E-state index contributed by atoms with van der Waals surface area (Å²) < 4.78 is 0. The summed E-state index contributed by atoms with van der Waals surface area (Å²) in [5, 5.41) is 2.48. The van der Waals surface area contributed by atoms with Gasteiger partial charge in [0.15, 0.2) is 5.78 Å². The lowest BCUT2D eigenvalue weighted by Crippen LogP contribution is -2.56. The fourth-order valence-electron chi connectivity index (χ4n) is 7.11. The summed E-state index contributed by atoms with van der Waals surface area (Å²) in [7, 11) is 0. The monoisotopic (exact) mass is 574 g/mol. The molecule has 0 spiro atoms. The standard InChI is InChI=1S/C35H27ClN2O4/c1-19-11-13-21(14-12-19)32(39)20(2)37(33(40)22-15-17-23(36)18-16-22)38-34(41)30-28-24-7-3-4-8-25(24)29(31(30)35(38)42)27-10-6-5-9-26(27)28/h3-18,20,28-31H,1-2H3/t20-,28?,29?,30-,31+/m0/s1. The van der Waals surface area contributed by atoms with Gasteiger partial charge < -0.3 is 0 Å². The zero-order chi connectivity index (χ0) is 29.3. The second-order valence-electron chi connectivity index (χ2n) is 11.3. The Hall–Kier alpha value is -4.55. The lowest BCUT2D eigenvalue weighted by atomic mass is 9.55. The summed E-state index contributed by atoms with van der Waals surface area (Å²) in [5.41, 5.74) is 5.72. The number of carbonyl (C=O) groups excluding carboxylic acids is 4. The van der Waals surface area contributed by atoms with Crippen LogP contribution in [0.1, 0.15) is 67.3 Å². The number of hydrogen-bond acceptors (Lipinski definition) is 4. The van der Waals surface area contributed by atoms with Crippen LogP contribution in [0, 0.1) is 18.8 Å². The number of amides is 3. The summed E-state index contributed by atoms with van der Waals surface area (Å²) in [6.45, 7) is 3.48. The molecule has 1 aliphatic heterocycles. The fourth-order valence-corrected chi connectivity index (χ4v) is 7.23. The third kappa shape index (κ3) is 3.78. The second kappa shape index (κ2) is 9.78. The molecule has 0 aromatic heterocycles. The highest BCUT2D eigenvalue weighted by Crippen LogP contribution is 2.61. The largest absolute Gasteiger partial charge is 0.292 e. The molecule has 3 amide bonds. The molecule has 6 nitrogen and oxygen atoms in total. The van der Waals surface area contributed by atoms with Crippen molar-refractivity contribution in [3.8, 4) is 0 Å².